The number of anilines is 2. The van der Waals surface area contributed by atoms with Crippen molar-refractivity contribution in [2.45, 2.75) is 4.90 Å². The van der Waals surface area contributed by atoms with Gasteiger partial charge in [-0.05, 0) is 24.3 Å². The third kappa shape index (κ3) is 2.75. The van der Waals surface area contributed by atoms with Crippen LogP contribution in [0, 0.1) is 0 Å². The topological polar surface area (TPSA) is 108 Å². The van der Waals surface area contributed by atoms with Crippen molar-refractivity contribution in [3.05, 3.63) is 30.6 Å². The van der Waals surface area contributed by atoms with E-state index in [1.165, 1.54) is 51.9 Å². The van der Waals surface area contributed by atoms with E-state index in [-0.39, 0.29) is 22.3 Å². The molecule has 0 unspecified atom stereocenters. The fraction of sp³-hybridized carbons (Fsp3) is 0.231. The summed E-state index contributed by atoms with van der Waals surface area (Å²) in [6, 6.07) is 5.87. The Kier molecular flexibility index (Phi) is 4.36. The number of aromatic nitrogens is 2. The van der Waals surface area contributed by atoms with Gasteiger partial charge in [0.05, 0.1) is 19.1 Å². The van der Waals surface area contributed by atoms with E-state index in [1.807, 2.05) is 0 Å². The number of hydrogen-bond donors (Lipinski definition) is 1. The maximum absolute atomic E-state index is 12.6. The molecule has 1 aromatic heterocycles. The molecule has 0 radical (unpaired) electrons. The third-order valence-electron chi connectivity index (χ3n) is 2.99. The Morgan fingerprint density at radius 3 is 2.27 bits per heavy atom. The SMILES string of the molecule is COc1ncnc(N(C)S(=O)(=O)c2ccc(N)cc2)c1OC. The van der Waals surface area contributed by atoms with Gasteiger partial charge in [-0.3, -0.25) is 0 Å². The van der Waals surface area contributed by atoms with E-state index in [0.717, 1.165) is 4.31 Å². The first-order valence-electron chi connectivity index (χ1n) is 6.19. The largest absolute Gasteiger partial charge is 0.489 e. The molecule has 0 aliphatic rings. The lowest BCUT2D eigenvalue weighted by molar-refractivity contribution is 0.342. The van der Waals surface area contributed by atoms with E-state index < -0.39 is 10.0 Å². The fourth-order valence-corrected chi connectivity index (χ4v) is 2.96. The standard InChI is InChI=1S/C13H16N4O4S/c1-17(12-11(20-2)13(21-3)16-8-15-12)22(18,19)10-6-4-9(14)5-7-10/h4-8H,14H2,1-3H3. The van der Waals surface area contributed by atoms with Crippen molar-refractivity contribution in [2.24, 2.45) is 0 Å². The minimum absolute atomic E-state index is 0.0752. The highest BCUT2D eigenvalue weighted by Crippen LogP contribution is 2.35. The fourth-order valence-electron chi connectivity index (χ4n) is 1.81. The van der Waals surface area contributed by atoms with Crippen LogP contribution in [-0.2, 0) is 10.0 Å². The summed E-state index contributed by atoms with van der Waals surface area (Å²) >= 11 is 0. The summed E-state index contributed by atoms with van der Waals surface area (Å²) in [6.45, 7) is 0. The Morgan fingerprint density at radius 2 is 1.73 bits per heavy atom. The Labute approximate surface area is 128 Å². The van der Waals surface area contributed by atoms with E-state index in [0.29, 0.717) is 5.69 Å². The quantitative estimate of drug-likeness (QED) is 0.814. The summed E-state index contributed by atoms with van der Waals surface area (Å²) in [5.74, 6) is 0.351. The number of hydrogen-bond acceptors (Lipinski definition) is 7. The van der Waals surface area contributed by atoms with Crippen LogP contribution in [0.4, 0.5) is 11.5 Å². The molecule has 0 amide bonds. The van der Waals surface area contributed by atoms with E-state index in [9.17, 15) is 8.42 Å². The molecule has 0 bridgehead atoms. The number of ether oxygens (including phenoxy) is 2. The molecule has 2 N–H and O–H groups in total. The molecular formula is C13H16N4O4S. The van der Waals surface area contributed by atoms with Gasteiger partial charge >= 0.3 is 0 Å². The minimum atomic E-state index is -3.81. The van der Waals surface area contributed by atoms with E-state index >= 15 is 0 Å². The first-order valence-corrected chi connectivity index (χ1v) is 7.63. The van der Waals surface area contributed by atoms with Crippen molar-refractivity contribution in [1.82, 2.24) is 9.97 Å². The van der Waals surface area contributed by atoms with Gasteiger partial charge in [-0.25, -0.2) is 17.7 Å². The Hall–Kier alpha value is -2.55. The van der Waals surface area contributed by atoms with Gasteiger partial charge in [-0.2, -0.15) is 4.98 Å². The van der Waals surface area contributed by atoms with Crippen molar-refractivity contribution in [3.8, 4) is 11.6 Å². The summed E-state index contributed by atoms with van der Waals surface area (Å²) in [6.07, 6.45) is 1.20. The van der Waals surface area contributed by atoms with Crippen molar-refractivity contribution in [3.63, 3.8) is 0 Å². The average molecular weight is 324 g/mol. The van der Waals surface area contributed by atoms with Crippen molar-refractivity contribution in [2.75, 3.05) is 31.3 Å². The molecule has 0 saturated carbocycles. The Bertz CT molecular complexity index is 762. The van der Waals surface area contributed by atoms with Crippen LogP contribution in [0.5, 0.6) is 11.6 Å². The summed E-state index contributed by atoms with van der Waals surface area (Å²) in [4.78, 5) is 7.94. The van der Waals surface area contributed by atoms with Gasteiger partial charge in [-0.1, -0.05) is 0 Å². The van der Waals surface area contributed by atoms with Crippen LogP contribution in [0.25, 0.3) is 0 Å². The number of nitrogens with two attached hydrogens (primary N) is 1. The molecule has 0 aliphatic heterocycles. The summed E-state index contributed by atoms with van der Waals surface area (Å²) in [7, 11) is 0.346. The molecule has 0 spiro atoms. The Balaban J connectivity index is 2.51. The number of methoxy groups -OCH3 is 2. The summed E-state index contributed by atoms with van der Waals surface area (Å²) in [5.41, 5.74) is 6.05. The third-order valence-corrected chi connectivity index (χ3v) is 4.75. The van der Waals surface area contributed by atoms with Crippen LogP contribution >= 0.6 is 0 Å². The van der Waals surface area contributed by atoms with E-state index in [1.54, 1.807) is 0 Å². The smallest absolute Gasteiger partial charge is 0.265 e. The lowest BCUT2D eigenvalue weighted by Gasteiger charge is -2.21. The molecule has 2 aromatic rings. The summed E-state index contributed by atoms with van der Waals surface area (Å²) in [5, 5.41) is 0. The van der Waals surface area contributed by atoms with Crippen LogP contribution in [-0.4, -0.2) is 39.7 Å². The van der Waals surface area contributed by atoms with Crippen LogP contribution in [0.3, 0.4) is 0 Å². The number of sulfonamides is 1. The zero-order valence-electron chi connectivity index (χ0n) is 12.3. The molecule has 0 atom stereocenters. The summed E-state index contributed by atoms with van der Waals surface area (Å²) < 4.78 is 36.5. The number of nitrogen functional groups attached to an aromatic ring is 1. The Morgan fingerprint density at radius 1 is 1.09 bits per heavy atom. The van der Waals surface area contributed by atoms with Crippen LogP contribution < -0.4 is 19.5 Å². The molecule has 2 rings (SSSR count). The molecule has 1 heterocycles. The van der Waals surface area contributed by atoms with Crippen LogP contribution in [0.1, 0.15) is 0 Å². The molecule has 9 heteroatoms. The lowest BCUT2D eigenvalue weighted by Crippen LogP contribution is -2.28. The van der Waals surface area contributed by atoms with E-state index in [4.69, 9.17) is 15.2 Å². The lowest BCUT2D eigenvalue weighted by atomic mass is 10.3. The van der Waals surface area contributed by atoms with Crippen LogP contribution in [0.2, 0.25) is 0 Å². The predicted molar refractivity (Wildman–Crippen MR) is 81.6 cm³/mol. The van der Waals surface area contributed by atoms with Gasteiger partial charge in [0.2, 0.25) is 5.75 Å². The first kappa shape index (κ1) is 15.8. The molecule has 1 aromatic carbocycles. The van der Waals surface area contributed by atoms with Gasteiger partial charge in [0, 0.05) is 12.7 Å². The molecule has 0 saturated heterocycles. The minimum Gasteiger partial charge on any atom is -0.489 e. The zero-order valence-corrected chi connectivity index (χ0v) is 13.2. The first-order chi connectivity index (χ1) is 10.4. The molecule has 8 nitrogen and oxygen atoms in total. The van der Waals surface area contributed by atoms with Gasteiger partial charge in [-0.15, -0.1) is 0 Å². The highest BCUT2D eigenvalue weighted by molar-refractivity contribution is 7.92. The normalized spacial score (nSPS) is 11.0. The zero-order chi connectivity index (χ0) is 16.3. The predicted octanol–water partition coefficient (Wildman–Crippen LogP) is 0.901. The van der Waals surface area contributed by atoms with Gasteiger partial charge < -0.3 is 15.2 Å². The molecule has 0 aliphatic carbocycles. The number of benzene rings is 1. The molecular weight excluding hydrogens is 308 g/mol. The molecule has 22 heavy (non-hydrogen) atoms. The second-order valence-electron chi connectivity index (χ2n) is 4.28. The van der Waals surface area contributed by atoms with Crippen LogP contribution in [0.15, 0.2) is 35.5 Å². The maximum Gasteiger partial charge on any atom is 0.265 e. The highest BCUT2D eigenvalue weighted by Gasteiger charge is 2.27. The molecule has 118 valence electrons. The second kappa shape index (κ2) is 6.06. The average Bonchev–Trinajstić information content (AvgIpc) is 2.53. The molecule has 0 fully saturated rings. The number of nitrogens with zero attached hydrogens (tertiary/aromatic N) is 3. The maximum atomic E-state index is 12.6. The monoisotopic (exact) mass is 324 g/mol. The van der Waals surface area contributed by atoms with Crippen molar-refractivity contribution in [1.29, 1.82) is 0 Å². The van der Waals surface area contributed by atoms with Gasteiger partial charge in [0.25, 0.3) is 15.9 Å². The second-order valence-corrected chi connectivity index (χ2v) is 6.25. The van der Waals surface area contributed by atoms with Crippen molar-refractivity contribution < 1.29 is 17.9 Å². The van der Waals surface area contributed by atoms with E-state index in [2.05, 4.69) is 9.97 Å². The number of rotatable bonds is 5. The highest BCUT2D eigenvalue weighted by atomic mass is 32.2. The van der Waals surface area contributed by atoms with Gasteiger partial charge in [0.15, 0.2) is 5.82 Å². The van der Waals surface area contributed by atoms with Gasteiger partial charge in [0.1, 0.15) is 6.33 Å². The van der Waals surface area contributed by atoms with Crippen molar-refractivity contribution >= 4 is 21.5 Å².